The van der Waals surface area contributed by atoms with E-state index >= 15 is 0 Å². The maximum absolute atomic E-state index is 5.07. The molecule has 0 saturated heterocycles. The highest BCUT2D eigenvalue weighted by Crippen LogP contribution is 2.53. The molecule has 0 radical (unpaired) electrons. The molecule has 8 aromatic rings. The Hall–Kier alpha value is -7.05. The van der Waals surface area contributed by atoms with Gasteiger partial charge in [-0.1, -0.05) is 146 Å². The Morgan fingerprint density at radius 1 is 0.491 bits per heavy atom. The third-order valence-corrected chi connectivity index (χ3v) is 10.1. The van der Waals surface area contributed by atoms with Crippen molar-refractivity contribution >= 4 is 50.4 Å². The number of pyridine rings is 1. The zero-order valence-corrected chi connectivity index (χ0v) is 28.8. The molecule has 0 aliphatic carbocycles. The predicted molar refractivity (Wildman–Crippen MR) is 218 cm³/mol. The lowest BCUT2D eigenvalue weighted by atomic mass is 10.00. The molecule has 6 nitrogen and oxygen atoms in total. The van der Waals surface area contributed by atoms with Crippen molar-refractivity contribution in [2.24, 2.45) is 9.98 Å². The highest BCUT2D eigenvalue weighted by molar-refractivity contribution is 6.21. The monoisotopic (exact) mass is 682 g/mol. The van der Waals surface area contributed by atoms with Crippen molar-refractivity contribution in [1.29, 1.82) is 0 Å². The topological polar surface area (TPSA) is 64.9 Å². The Kier molecular flexibility index (Phi) is 7.50. The Bertz CT molecular complexity index is 2690. The van der Waals surface area contributed by atoms with E-state index in [0.717, 1.165) is 72.4 Å². The van der Waals surface area contributed by atoms with E-state index in [0.29, 0.717) is 5.84 Å². The summed E-state index contributed by atoms with van der Waals surface area (Å²) in [4.78, 5) is 17.4. The first-order chi connectivity index (χ1) is 26.3. The van der Waals surface area contributed by atoms with Crippen molar-refractivity contribution in [3.8, 4) is 11.1 Å². The third-order valence-electron chi connectivity index (χ3n) is 10.1. The molecule has 2 unspecified atom stereocenters. The molecule has 2 aliphatic heterocycles. The van der Waals surface area contributed by atoms with E-state index in [9.17, 15) is 0 Å². The molecule has 6 heteroatoms. The molecule has 53 heavy (non-hydrogen) atoms. The minimum absolute atomic E-state index is 0.117. The average Bonchev–Trinajstić information content (AvgIpc) is 3.66. The van der Waals surface area contributed by atoms with Gasteiger partial charge in [0.25, 0.3) is 0 Å². The van der Waals surface area contributed by atoms with E-state index in [1.807, 2.05) is 48.7 Å². The van der Waals surface area contributed by atoms with Gasteiger partial charge in [0.15, 0.2) is 5.84 Å². The fourth-order valence-electron chi connectivity index (χ4n) is 7.65. The van der Waals surface area contributed by atoms with Gasteiger partial charge in [-0.2, -0.15) is 0 Å². The van der Waals surface area contributed by atoms with Gasteiger partial charge in [-0.15, -0.1) is 0 Å². The van der Waals surface area contributed by atoms with Crippen LogP contribution in [0, 0.1) is 0 Å². The van der Waals surface area contributed by atoms with Crippen LogP contribution in [0.4, 0.5) is 17.1 Å². The first kappa shape index (κ1) is 30.7. The number of nitrogens with zero attached hydrogens (tertiary/aromatic N) is 4. The van der Waals surface area contributed by atoms with E-state index < -0.39 is 0 Å². The number of fused-ring (bicyclic) bond motifs is 6. The lowest BCUT2D eigenvalue weighted by Gasteiger charge is -2.28. The van der Waals surface area contributed by atoms with Gasteiger partial charge in [-0.05, 0) is 52.6 Å². The van der Waals surface area contributed by atoms with E-state index in [-0.39, 0.29) is 12.3 Å². The summed E-state index contributed by atoms with van der Waals surface area (Å²) in [5.74, 6) is 1.50. The average molecular weight is 683 g/mol. The van der Waals surface area contributed by atoms with Crippen LogP contribution >= 0.6 is 0 Å². The molecule has 0 saturated carbocycles. The van der Waals surface area contributed by atoms with E-state index in [4.69, 9.17) is 15.0 Å². The van der Waals surface area contributed by atoms with Gasteiger partial charge in [0.2, 0.25) is 0 Å². The summed E-state index contributed by atoms with van der Waals surface area (Å²) in [6.07, 6.45) is 1.51. The van der Waals surface area contributed by atoms with Gasteiger partial charge in [-0.3, -0.25) is 4.98 Å². The summed E-state index contributed by atoms with van der Waals surface area (Å²) in [7, 11) is 0. The zero-order chi connectivity index (χ0) is 35.1. The SMILES string of the molecule is c1ccc(C2=NC(c3ccccc3)NC(c3cccc(-c4cccc(N5c6c(c7ccccc7c7ncccc67)NC5c5ccccc5)c4)c3)=N2)cc1. The smallest absolute Gasteiger partial charge is 0.159 e. The van der Waals surface area contributed by atoms with Crippen molar-refractivity contribution in [2.45, 2.75) is 12.3 Å². The number of hydrogen-bond donors (Lipinski definition) is 2. The maximum Gasteiger partial charge on any atom is 0.159 e. The van der Waals surface area contributed by atoms with Gasteiger partial charge in [0.05, 0.1) is 16.9 Å². The quantitative estimate of drug-likeness (QED) is 0.171. The van der Waals surface area contributed by atoms with Crippen LogP contribution in [0.3, 0.4) is 0 Å². The number of hydrogen-bond acceptors (Lipinski definition) is 6. The van der Waals surface area contributed by atoms with Gasteiger partial charge in [0.1, 0.15) is 18.2 Å². The van der Waals surface area contributed by atoms with E-state index in [2.05, 4.69) is 149 Å². The largest absolute Gasteiger partial charge is 0.359 e. The molecular weight excluding hydrogens is 649 g/mol. The van der Waals surface area contributed by atoms with Crippen molar-refractivity contribution in [3.05, 3.63) is 204 Å². The number of nitrogens with one attached hydrogen (secondary N) is 2. The zero-order valence-electron chi connectivity index (χ0n) is 28.8. The highest BCUT2D eigenvalue weighted by atomic mass is 15.3. The molecule has 0 fully saturated rings. The van der Waals surface area contributed by atoms with Crippen LogP contribution in [0.15, 0.2) is 192 Å². The number of aromatic nitrogens is 1. The molecule has 252 valence electrons. The fourth-order valence-corrected chi connectivity index (χ4v) is 7.65. The first-order valence-corrected chi connectivity index (χ1v) is 17.9. The Balaban J connectivity index is 1.08. The Morgan fingerprint density at radius 3 is 1.91 bits per heavy atom. The Morgan fingerprint density at radius 2 is 1.11 bits per heavy atom. The minimum Gasteiger partial charge on any atom is -0.359 e. The first-order valence-electron chi connectivity index (χ1n) is 17.9. The standard InChI is InChI=1S/C47H34N6/c1-4-15-31(16-5-1)44-50-45(32-17-6-2-7-18-32)52-46(51-44)36-23-12-21-34(29-36)35-22-13-24-37(30-35)53-43-40-27-14-28-48-41(40)38-25-10-11-26-39(38)42(43)49-47(53)33-19-8-3-9-20-33/h1-30,44,47,49H,(H,50,51,52). The lowest BCUT2D eigenvalue weighted by Crippen LogP contribution is -2.33. The summed E-state index contributed by atoms with van der Waals surface area (Å²) >= 11 is 0. The van der Waals surface area contributed by atoms with Crippen molar-refractivity contribution < 1.29 is 0 Å². The summed E-state index contributed by atoms with van der Waals surface area (Å²) in [6, 6.07) is 61.4. The fraction of sp³-hybridized carbons (Fsp3) is 0.0426. The molecule has 0 bridgehead atoms. The third kappa shape index (κ3) is 5.49. The molecule has 3 heterocycles. The Labute approximate surface area is 307 Å². The van der Waals surface area contributed by atoms with Crippen molar-refractivity contribution in [2.75, 3.05) is 10.2 Å². The van der Waals surface area contributed by atoms with Crippen LogP contribution in [0.2, 0.25) is 0 Å². The van der Waals surface area contributed by atoms with Crippen molar-refractivity contribution in [3.63, 3.8) is 0 Å². The molecule has 2 aliphatic rings. The molecule has 10 rings (SSSR count). The van der Waals surface area contributed by atoms with Gasteiger partial charge < -0.3 is 15.5 Å². The second-order valence-electron chi connectivity index (χ2n) is 13.4. The van der Waals surface area contributed by atoms with Gasteiger partial charge in [-0.25, -0.2) is 9.98 Å². The molecule has 0 spiro atoms. The maximum atomic E-state index is 5.07. The lowest BCUT2D eigenvalue weighted by molar-refractivity contribution is 0.674. The second kappa shape index (κ2) is 12.9. The number of benzene rings is 7. The van der Waals surface area contributed by atoms with Crippen LogP contribution < -0.4 is 15.5 Å². The number of anilines is 3. The van der Waals surface area contributed by atoms with Crippen LogP contribution in [-0.4, -0.2) is 16.7 Å². The molecular formula is C47H34N6. The van der Waals surface area contributed by atoms with Gasteiger partial charge in [0, 0.05) is 39.2 Å². The van der Waals surface area contributed by atoms with Crippen LogP contribution in [0.5, 0.6) is 0 Å². The molecule has 0 amide bonds. The normalized spacial score (nSPS) is 16.4. The van der Waals surface area contributed by atoms with Crippen LogP contribution in [-0.2, 0) is 0 Å². The van der Waals surface area contributed by atoms with Crippen LogP contribution in [0.25, 0.3) is 32.8 Å². The highest BCUT2D eigenvalue weighted by Gasteiger charge is 2.35. The molecule has 2 atom stereocenters. The minimum atomic E-state index is -0.260. The van der Waals surface area contributed by atoms with Gasteiger partial charge >= 0.3 is 0 Å². The summed E-state index contributed by atoms with van der Waals surface area (Å²) < 4.78 is 0. The van der Waals surface area contributed by atoms with Crippen LogP contribution in [0.1, 0.15) is 34.6 Å². The van der Waals surface area contributed by atoms with E-state index in [1.54, 1.807) is 0 Å². The predicted octanol–water partition coefficient (Wildman–Crippen LogP) is 10.8. The summed E-state index contributed by atoms with van der Waals surface area (Å²) in [5, 5.41) is 11.0. The molecule has 2 N–H and O–H groups in total. The number of aliphatic imine (C=N–C) groups is 2. The summed E-state index contributed by atoms with van der Waals surface area (Å²) in [5.41, 5.74) is 10.8. The number of rotatable bonds is 6. The van der Waals surface area contributed by atoms with E-state index in [1.165, 1.54) is 5.56 Å². The number of amidine groups is 2. The summed E-state index contributed by atoms with van der Waals surface area (Å²) in [6.45, 7) is 0. The molecule has 7 aromatic carbocycles. The second-order valence-corrected chi connectivity index (χ2v) is 13.4. The van der Waals surface area contributed by atoms with Crippen molar-refractivity contribution in [1.82, 2.24) is 10.3 Å². The molecule has 1 aromatic heterocycles.